The molecule has 0 radical (unpaired) electrons. The Morgan fingerprint density at radius 2 is 2.05 bits per heavy atom. The predicted molar refractivity (Wildman–Crippen MR) is 86.1 cm³/mol. The fourth-order valence-corrected chi connectivity index (χ4v) is 2.06. The molecule has 0 aliphatic heterocycles. The van der Waals surface area contributed by atoms with Crippen molar-refractivity contribution in [2.45, 2.75) is 45.6 Å². The topological polar surface area (TPSA) is 79.9 Å². The first-order chi connectivity index (χ1) is 10.2. The zero-order valence-corrected chi connectivity index (χ0v) is 13.0. The van der Waals surface area contributed by atoms with Gasteiger partial charge in [0.05, 0.1) is 0 Å². The van der Waals surface area contributed by atoms with Crippen molar-refractivity contribution in [3.63, 3.8) is 0 Å². The molecule has 21 heavy (non-hydrogen) atoms. The molecule has 0 saturated heterocycles. The lowest BCUT2D eigenvalue weighted by molar-refractivity contribution is 0.304. The van der Waals surface area contributed by atoms with Crippen LogP contribution in [0, 0.1) is 0 Å². The number of oxime groups is 1. The molecule has 0 aliphatic rings. The van der Waals surface area contributed by atoms with Gasteiger partial charge in [-0.3, -0.25) is 0 Å². The van der Waals surface area contributed by atoms with Crippen LogP contribution in [0.25, 0.3) is 0 Å². The minimum absolute atomic E-state index is 0.101. The number of unbranched alkanes of at least 4 members (excludes halogenated alkanes) is 2. The minimum atomic E-state index is 0.101. The van der Waals surface area contributed by atoms with E-state index in [9.17, 15) is 0 Å². The molecular weight excluding hydrogens is 266 g/mol. The molecule has 1 rings (SSSR count). The average molecular weight is 293 g/mol. The van der Waals surface area contributed by atoms with Gasteiger partial charge in [0.25, 0.3) is 0 Å². The van der Waals surface area contributed by atoms with Crippen LogP contribution in [0.3, 0.4) is 0 Å². The van der Waals surface area contributed by atoms with Gasteiger partial charge in [-0.1, -0.05) is 31.3 Å². The third-order valence-corrected chi connectivity index (χ3v) is 3.36. The molecule has 4 N–H and O–H groups in total. The number of nitrogens with one attached hydrogen (secondary N) is 1. The van der Waals surface area contributed by atoms with Crippen molar-refractivity contribution in [3.8, 4) is 5.75 Å². The number of hydrogen-bond acceptors (Lipinski definition) is 4. The van der Waals surface area contributed by atoms with E-state index in [1.807, 2.05) is 12.1 Å². The van der Waals surface area contributed by atoms with E-state index in [-0.39, 0.29) is 5.84 Å². The van der Waals surface area contributed by atoms with Gasteiger partial charge < -0.3 is 21.0 Å². The Bertz CT molecular complexity index is 418. The number of benzene rings is 1. The Morgan fingerprint density at radius 3 is 2.67 bits per heavy atom. The standard InChI is InChI=1S/C16H27N3O2/c1-3-4-5-6-13(2)18-11-12-21-15-9-7-14(8-10-15)16(17)19-20/h7-10,13,18,20H,3-6,11-12H2,1-2H3,(H2,17,19). The van der Waals surface area contributed by atoms with Crippen molar-refractivity contribution in [2.24, 2.45) is 10.9 Å². The van der Waals surface area contributed by atoms with Crippen LogP contribution >= 0.6 is 0 Å². The molecule has 0 amide bonds. The SMILES string of the molecule is CCCCCC(C)NCCOc1ccc(C(N)=NO)cc1. The lowest BCUT2D eigenvalue weighted by Gasteiger charge is -2.14. The van der Waals surface area contributed by atoms with Gasteiger partial charge in [-0.15, -0.1) is 0 Å². The van der Waals surface area contributed by atoms with Crippen molar-refractivity contribution in [3.05, 3.63) is 29.8 Å². The van der Waals surface area contributed by atoms with Gasteiger partial charge in [0.15, 0.2) is 5.84 Å². The van der Waals surface area contributed by atoms with E-state index in [0.29, 0.717) is 18.2 Å². The van der Waals surface area contributed by atoms with Gasteiger partial charge in [-0.05, 0) is 37.6 Å². The Labute approximate surface area is 127 Å². The summed E-state index contributed by atoms with van der Waals surface area (Å²) in [5, 5.41) is 15.0. The average Bonchev–Trinajstić information content (AvgIpc) is 2.51. The molecule has 1 aromatic rings. The maximum atomic E-state index is 8.58. The van der Waals surface area contributed by atoms with Gasteiger partial charge in [0.2, 0.25) is 0 Å². The minimum Gasteiger partial charge on any atom is -0.492 e. The highest BCUT2D eigenvalue weighted by atomic mass is 16.5. The number of nitrogens with two attached hydrogens (primary N) is 1. The van der Waals surface area contributed by atoms with Gasteiger partial charge in [0, 0.05) is 18.2 Å². The molecule has 0 aliphatic carbocycles. The Kier molecular flexibility index (Phi) is 8.28. The second-order valence-electron chi connectivity index (χ2n) is 5.21. The van der Waals surface area contributed by atoms with Crippen LogP contribution in [0.15, 0.2) is 29.4 Å². The van der Waals surface area contributed by atoms with Crippen LogP contribution in [0.5, 0.6) is 5.75 Å². The summed E-state index contributed by atoms with van der Waals surface area (Å²) in [5.41, 5.74) is 6.17. The fourth-order valence-electron chi connectivity index (χ4n) is 2.06. The van der Waals surface area contributed by atoms with E-state index in [1.165, 1.54) is 25.7 Å². The lowest BCUT2D eigenvalue weighted by Crippen LogP contribution is -2.30. The van der Waals surface area contributed by atoms with E-state index >= 15 is 0 Å². The smallest absolute Gasteiger partial charge is 0.170 e. The number of nitrogens with zero attached hydrogens (tertiary/aromatic N) is 1. The largest absolute Gasteiger partial charge is 0.492 e. The maximum absolute atomic E-state index is 8.58. The molecule has 0 bridgehead atoms. The summed E-state index contributed by atoms with van der Waals surface area (Å²) in [6.45, 7) is 5.88. The number of hydrogen-bond donors (Lipinski definition) is 3. The summed E-state index contributed by atoms with van der Waals surface area (Å²) in [4.78, 5) is 0. The van der Waals surface area contributed by atoms with E-state index in [2.05, 4.69) is 24.3 Å². The summed E-state index contributed by atoms with van der Waals surface area (Å²) < 4.78 is 5.64. The van der Waals surface area contributed by atoms with Crippen molar-refractivity contribution in [1.82, 2.24) is 5.32 Å². The predicted octanol–water partition coefficient (Wildman–Crippen LogP) is 2.72. The van der Waals surface area contributed by atoms with Crippen LogP contribution in [0.1, 0.15) is 45.1 Å². The lowest BCUT2D eigenvalue weighted by atomic mass is 10.1. The number of ether oxygens (including phenoxy) is 1. The number of rotatable bonds is 10. The van der Waals surface area contributed by atoms with Crippen LogP contribution in [-0.2, 0) is 0 Å². The molecule has 0 saturated carbocycles. The van der Waals surface area contributed by atoms with Crippen molar-refractivity contribution in [1.29, 1.82) is 0 Å². The van der Waals surface area contributed by atoms with Gasteiger partial charge in [0.1, 0.15) is 12.4 Å². The molecule has 0 aromatic heterocycles. The third-order valence-electron chi connectivity index (χ3n) is 3.36. The quantitative estimate of drug-likeness (QED) is 0.204. The highest BCUT2D eigenvalue weighted by Crippen LogP contribution is 2.11. The molecule has 0 fully saturated rings. The first kappa shape index (κ1) is 17.3. The van der Waals surface area contributed by atoms with E-state index < -0.39 is 0 Å². The van der Waals surface area contributed by atoms with E-state index in [4.69, 9.17) is 15.7 Å². The van der Waals surface area contributed by atoms with Gasteiger partial charge in [-0.2, -0.15) is 0 Å². The summed E-state index contributed by atoms with van der Waals surface area (Å²) in [6, 6.07) is 7.70. The van der Waals surface area contributed by atoms with Crippen LogP contribution < -0.4 is 15.8 Å². The molecular formula is C16H27N3O2. The molecule has 1 atom stereocenters. The fraction of sp³-hybridized carbons (Fsp3) is 0.562. The summed E-state index contributed by atoms with van der Waals surface area (Å²) in [5.74, 6) is 0.883. The Hall–Kier alpha value is -1.75. The molecule has 118 valence electrons. The molecule has 5 heteroatoms. The molecule has 1 aromatic carbocycles. The zero-order chi connectivity index (χ0) is 15.5. The first-order valence-corrected chi connectivity index (χ1v) is 7.61. The highest BCUT2D eigenvalue weighted by molar-refractivity contribution is 5.97. The third kappa shape index (κ3) is 6.99. The van der Waals surface area contributed by atoms with Crippen molar-refractivity contribution < 1.29 is 9.94 Å². The Morgan fingerprint density at radius 1 is 1.33 bits per heavy atom. The Balaban J connectivity index is 2.21. The van der Waals surface area contributed by atoms with Gasteiger partial charge >= 0.3 is 0 Å². The van der Waals surface area contributed by atoms with E-state index in [0.717, 1.165) is 12.3 Å². The zero-order valence-electron chi connectivity index (χ0n) is 13.0. The monoisotopic (exact) mass is 293 g/mol. The van der Waals surface area contributed by atoms with Crippen LogP contribution in [-0.4, -0.2) is 30.2 Å². The highest BCUT2D eigenvalue weighted by Gasteiger charge is 2.02. The van der Waals surface area contributed by atoms with Crippen LogP contribution in [0.4, 0.5) is 0 Å². The molecule has 1 unspecified atom stereocenters. The second kappa shape index (κ2) is 10.0. The first-order valence-electron chi connectivity index (χ1n) is 7.61. The van der Waals surface area contributed by atoms with Gasteiger partial charge in [-0.25, -0.2) is 0 Å². The van der Waals surface area contributed by atoms with Crippen LogP contribution in [0.2, 0.25) is 0 Å². The van der Waals surface area contributed by atoms with Crippen molar-refractivity contribution >= 4 is 5.84 Å². The summed E-state index contributed by atoms with van der Waals surface area (Å²) in [6.07, 6.45) is 5.05. The van der Waals surface area contributed by atoms with E-state index in [1.54, 1.807) is 12.1 Å². The summed E-state index contributed by atoms with van der Waals surface area (Å²) >= 11 is 0. The molecule has 0 spiro atoms. The summed E-state index contributed by atoms with van der Waals surface area (Å²) in [7, 11) is 0. The van der Waals surface area contributed by atoms with Crippen molar-refractivity contribution in [2.75, 3.05) is 13.2 Å². The second-order valence-corrected chi connectivity index (χ2v) is 5.21. The normalized spacial score (nSPS) is 13.1. The molecule has 0 heterocycles. The molecule has 5 nitrogen and oxygen atoms in total. The maximum Gasteiger partial charge on any atom is 0.170 e. The number of amidine groups is 1.